The maximum absolute atomic E-state index is 12.6. The minimum atomic E-state index is -0.457. The number of amides is 1. The summed E-state index contributed by atoms with van der Waals surface area (Å²) < 4.78 is 0. The molecule has 1 amide bonds. The third kappa shape index (κ3) is 7.85. The van der Waals surface area contributed by atoms with Crippen LogP contribution >= 0.6 is 0 Å². The Balaban J connectivity index is 2.69. The number of nitrogens with zero attached hydrogens (tertiary/aromatic N) is 2. The molecule has 0 saturated carbocycles. The van der Waals surface area contributed by atoms with Crippen molar-refractivity contribution in [3.63, 3.8) is 0 Å². The summed E-state index contributed by atoms with van der Waals surface area (Å²) in [7, 11) is 0. The van der Waals surface area contributed by atoms with Gasteiger partial charge in [0.05, 0.1) is 12.6 Å². The fourth-order valence-corrected chi connectivity index (χ4v) is 3.25. The summed E-state index contributed by atoms with van der Waals surface area (Å²) in [5.74, 6) is 0.404. The first-order valence-corrected chi connectivity index (χ1v) is 9.75. The van der Waals surface area contributed by atoms with Gasteiger partial charge in [0.15, 0.2) is 0 Å². The Morgan fingerprint density at radius 1 is 1.04 bits per heavy atom. The zero-order valence-corrected chi connectivity index (χ0v) is 17.4. The minimum Gasteiger partial charge on any atom is -0.390 e. The molecule has 1 atom stereocenters. The van der Waals surface area contributed by atoms with Crippen molar-refractivity contribution in [3.8, 4) is 0 Å². The maximum Gasteiger partial charge on any atom is 0.238 e. The first-order valence-electron chi connectivity index (χ1n) is 9.75. The Bertz CT molecular complexity index is 536. The van der Waals surface area contributed by atoms with Crippen LogP contribution in [0.25, 0.3) is 0 Å². The minimum absolute atomic E-state index is 0.0295. The highest BCUT2D eigenvalue weighted by Crippen LogP contribution is 2.19. The molecule has 0 radical (unpaired) electrons. The van der Waals surface area contributed by atoms with Gasteiger partial charge in [-0.3, -0.25) is 9.69 Å². The van der Waals surface area contributed by atoms with Crippen molar-refractivity contribution in [1.29, 1.82) is 0 Å². The predicted octanol–water partition coefficient (Wildman–Crippen LogP) is 2.90. The molecule has 0 heterocycles. The number of para-hydroxylation sites is 1. The molecule has 5 nitrogen and oxygen atoms in total. The second kappa shape index (κ2) is 11.3. The van der Waals surface area contributed by atoms with Crippen LogP contribution in [0.1, 0.15) is 38.8 Å². The van der Waals surface area contributed by atoms with E-state index < -0.39 is 6.10 Å². The first-order chi connectivity index (χ1) is 12.3. The number of hydrogen-bond donors (Lipinski definition) is 2. The van der Waals surface area contributed by atoms with Crippen molar-refractivity contribution >= 4 is 11.6 Å². The molecule has 2 N–H and O–H groups in total. The van der Waals surface area contributed by atoms with E-state index in [-0.39, 0.29) is 5.91 Å². The van der Waals surface area contributed by atoms with E-state index in [2.05, 4.69) is 42.8 Å². The van der Waals surface area contributed by atoms with Gasteiger partial charge >= 0.3 is 0 Å². The van der Waals surface area contributed by atoms with E-state index in [0.29, 0.717) is 25.6 Å². The Morgan fingerprint density at radius 2 is 1.58 bits per heavy atom. The highest BCUT2D eigenvalue weighted by molar-refractivity contribution is 5.93. The van der Waals surface area contributed by atoms with Crippen LogP contribution < -0.4 is 5.32 Å². The lowest BCUT2D eigenvalue weighted by molar-refractivity contribution is -0.117. The van der Waals surface area contributed by atoms with Crippen molar-refractivity contribution in [2.45, 2.75) is 47.6 Å². The molecular weight excluding hydrogens is 326 g/mol. The van der Waals surface area contributed by atoms with E-state index in [1.165, 1.54) is 0 Å². The van der Waals surface area contributed by atoms with Gasteiger partial charge in [-0.1, -0.05) is 45.9 Å². The number of hydrogen-bond acceptors (Lipinski definition) is 4. The quantitative estimate of drug-likeness (QED) is 0.635. The molecule has 26 heavy (non-hydrogen) atoms. The van der Waals surface area contributed by atoms with Gasteiger partial charge in [-0.15, -0.1) is 0 Å². The summed E-state index contributed by atoms with van der Waals surface area (Å²) >= 11 is 0. The highest BCUT2D eigenvalue weighted by atomic mass is 16.3. The van der Waals surface area contributed by atoms with E-state index in [1.807, 2.05) is 32.0 Å². The Hall–Kier alpha value is -1.43. The molecule has 0 spiro atoms. The van der Waals surface area contributed by atoms with Crippen LogP contribution in [-0.2, 0) is 4.79 Å². The van der Waals surface area contributed by atoms with Crippen molar-refractivity contribution in [2.24, 2.45) is 5.92 Å². The molecule has 1 aromatic rings. The molecule has 0 aliphatic carbocycles. The molecule has 1 rings (SSSR count). The lowest BCUT2D eigenvalue weighted by atomic mass is 10.1. The molecule has 0 aliphatic heterocycles. The standard InChI is InChI=1S/C21H37N3O2/c1-7-23(8-2)13-19(25)14-24(12-16(3)4)15-20(26)22-21-17(5)10-9-11-18(21)6/h9-11,16,19,25H,7-8,12-15H2,1-6H3,(H,22,26). The summed E-state index contributed by atoms with van der Waals surface area (Å²) in [6.45, 7) is 16.5. The second-order valence-electron chi connectivity index (χ2n) is 7.54. The van der Waals surface area contributed by atoms with E-state index in [4.69, 9.17) is 0 Å². The van der Waals surface area contributed by atoms with Crippen LogP contribution in [-0.4, -0.2) is 66.2 Å². The monoisotopic (exact) mass is 363 g/mol. The second-order valence-corrected chi connectivity index (χ2v) is 7.54. The average molecular weight is 364 g/mol. The fourth-order valence-electron chi connectivity index (χ4n) is 3.25. The molecule has 1 unspecified atom stereocenters. The number of anilines is 1. The van der Waals surface area contributed by atoms with Crippen molar-refractivity contribution in [3.05, 3.63) is 29.3 Å². The Morgan fingerprint density at radius 3 is 2.08 bits per heavy atom. The van der Waals surface area contributed by atoms with Gasteiger partial charge < -0.3 is 15.3 Å². The van der Waals surface area contributed by atoms with Gasteiger partial charge in [-0.25, -0.2) is 0 Å². The van der Waals surface area contributed by atoms with Crippen LogP contribution in [0.3, 0.4) is 0 Å². The van der Waals surface area contributed by atoms with Gasteiger partial charge in [0, 0.05) is 25.3 Å². The van der Waals surface area contributed by atoms with Crippen molar-refractivity contribution < 1.29 is 9.90 Å². The lowest BCUT2D eigenvalue weighted by Gasteiger charge is -2.29. The number of likely N-dealkylation sites (N-methyl/N-ethyl adjacent to an activating group) is 1. The number of carbonyl (C=O) groups excluding carboxylic acids is 1. The molecule has 5 heteroatoms. The number of rotatable bonds is 11. The largest absolute Gasteiger partial charge is 0.390 e. The van der Waals surface area contributed by atoms with Crippen LogP contribution in [0.5, 0.6) is 0 Å². The third-order valence-electron chi connectivity index (χ3n) is 4.57. The van der Waals surface area contributed by atoms with E-state index >= 15 is 0 Å². The van der Waals surface area contributed by atoms with Crippen LogP contribution in [0.4, 0.5) is 5.69 Å². The van der Waals surface area contributed by atoms with Crippen molar-refractivity contribution in [1.82, 2.24) is 9.80 Å². The maximum atomic E-state index is 12.6. The third-order valence-corrected chi connectivity index (χ3v) is 4.57. The summed E-state index contributed by atoms with van der Waals surface area (Å²) in [5.41, 5.74) is 3.02. The van der Waals surface area contributed by atoms with Gasteiger partial charge in [-0.05, 0) is 44.0 Å². The van der Waals surface area contributed by atoms with Gasteiger partial charge in [-0.2, -0.15) is 0 Å². The summed E-state index contributed by atoms with van der Waals surface area (Å²) in [6, 6.07) is 6.00. The molecular formula is C21H37N3O2. The van der Waals surface area contributed by atoms with E-state index in [1.54, 1.807) is 0 Å². The molecule has 148 valence electrons. The molecule has 1 aromatic carbocycles. The number of nitrogens with one attached hydrogen (secondary N) is 1. The number of carbonyl (C=O) groups is 1. The Kier molecular flexibility index (Phi) is 9.84. The number of aliphatic hydroxyl groups is 1. The van der Waals surface area contributed by atoms with Gasteiger partial charge in [0.1, 0.15) is 0 Å². The van der Waals surface area contributed by atoms with Crippen LogP contribution in [0.2, 0.25) is 0 Å². The van der Waals surface area contributed by atoms with E-state index in [0.717, 1.165) is 36.4 Å². The molecule has 0 aromatic heterocycles. The SMILES string of the molecule is CCN(CC)CC(O)CN(CC(=O)Nc1c(C)cccc1C)CC(C)C. The normalized spacial score (nSPS) is 12.8. The Labute approximate surface area is 159 Å². The number of aliphatic hydroxyl groups excluding tert-OH is 1. The average Bonchev–Trinajstić information content (AvgIpc) is 2.55. The summed E-state index contributed by atoms with van der Waals surface area (Å²) in [4.78, 5) is 16.8. The lowest BCUT2D eigenvalue weighted by Crippen LogP contribution is -2.44. The molecule has 0 fully saturated rings. The highest BCUT2D eigenvalue weighted by Gasteiger charge is 2.18. The zero-order chi connectivity index (χ0) is 19.7. The van der Waals surface area contributed by atoms with Crippen molar-refractivity contribution in [2.75, 3.05) is 44.6 Å². The number of aryl methyl sites for hydroxylation is 2. The topological polar surface area (TPSA) is 55.8 Å². The van der Waals surface area contributed by atoms with Gasteiger partial charge in [0.2, 0.25) is 5.91 Å². The van der Waals surface area contributed by atoms with E-state index in [9.17, 15) is 9.90 Å². The summed E-state index contributed by atoms with van der Waals surface area (Å²) in [6.07, 6.45) is -0.457. The summed E-state index contributed by atoms with van der Waals surface area (Å²) in [5, 5.41) is 13.5. The number of benzene rings is 1. The molecule has 0 bridgehead atoms. The molecule has 0 saturated heterocycles. The van der Waals surface area contributed by atoms with Gasteiger partial charge in [0.25, 0.3) is 0 Å². The van der Waals surface area contributed by atoms with Crippen LogP contribution in [0, 0.1) is 19.8 Å². The predicted molar refractivity (Wildman–Crippen MR) is 110 cm³/mol. The first kappa shape index (κ1) is 22.6. The fraction of sp³-hybridized carbons (Fsp3) is 0.667. The van der Waals surface area contributed by atoms with Crippen LogP contribution in [0.15, 0.2) is 18.2 Å². The molecule has 0 aliphatic rings. The zero-order valence-electron chi connectivity index (χ0n) is 17.4. The smallest absolute Gasteiger partial charge is 0.238 e.